The Bertz CT molecular complexity index is 607. The minimum Gasteiger partial charge on any atom is -0.379 e. The summed E-state index contributed by atoms with van der Waals surface area (Å²) in [6.45, 7) is 4.33. The fraction of sp³-hybridized carbons (Fsp3) is 0.632. The number of aryl methyl sites for hydroxylation is 2. The van der Waals surface area contributed by atoms with Crippen LogP contribution in [0.15, 0.2) is 18.2 Å². The molecule has 3 aliphatic rings. The molecule has 24 heavy (non-hydrogen) atoms. The zero-order valence-electron chi connectivity index (χ0n) is 14.2. The molecular formula is C19H26N2O2S. The molecule has 4 rings (SSSR count). The van der Waals surface area contributed by atoms with Gasteiger partial charge in [0.2, 0.25) is 0 Å². The summed E-state index contributed by atoms with van der Waals surface area (Å²) in [5.74, 6) is 2.37. The van der Waals surface area contributed by atoms with E-state index in [0.717, 1.165) is 63.4 Å². The molecule has 5 heteroatoms. The third kappa shape index (κ3) is 3.22. The molecule has 0 bridgehead atoms. The number of carbonyl (C=O) groups is 1. The summed E-state index contributed by atoms with van der Waals surface area (Å²) in [6, 6.07) is 6.23. The summed E-state index contributed by atoms with van der Waals surface area (Å²) in [4.78, 5) is 15.2. The number of amides is 1. The maximum Gasteiger partial charge on any atom is 0.251 e. The third-order valence-corrected chi connectivity index (χ3v) is 6.94. The summed E-state index contributed by atoms with van der Waals surface area (Å²) in [5.41, 5.74) is 3.71. The van der Waals surface area contributed by atoms with Crippen LogP contribution in [0.5, 0.6) is 0 Å². The van der Waals surface area contributed by atoms with E-state index in [4.69, 9.17) is 4.74 Å². The molecule has 1 aromatic rings. The molecule has 1 N–H and O–H groups in total. The fourth-order valence-electron chi connectivity index (χ4n) is 4.19. The molecule has 4 nitrogen and oxygen atoms in total. The molecule has 0 radical (unpaired) electrons. The Hall–Kier alpha value is -1.04. The lowest BCUT2D eigenvalue weighted by Gasteiger charge is -2.43. The predicted molar refractivity (Wildman–Crippen MR) is 97.9 cm³/mol. The van der Waals surface area contributed by atoms with Crippen LogP contribution in [0.2, 0.25) is 0 Å². The molecular weight excluding hydrogens is 320 g/mol. The van der Waals surface area contributed by atoms with Crippen LogP contribution in [0, 0.1) is 0 Å². The Labute approximate surface area is 148 Å². The Morgan fingerprint density at radius 2 is 2.08 bits per heavy atom. The first kappa shape index (κ1) is 16.4. The van der Waals surface area contributed by atoms with E-state index in [1.54, 1.807) is 0 Å². The molecule has 0 spiro atoms. The van der Waals surface area contributed by atoms with Crippen molar-refractivity contribution >= 4 is 17.7 Å². The fourth-order valence-corrected chi connectivity index (χ4v) is 5.67. The number of hydrogen-bond acceptors (Lipinski definition) is 4. The van der Waals surface area contributed by atoms with Crippen molar-refractivity contribution in [1.29, 1.82) is 0 Å². The van der Waals surface area contributed by atoms with E-state index in [0.29, 0.717) is 0 Å². The molecule has 1 aliphatic carbocycles. The maximum atomic E-state index is 12.7. The predicted octanol–water partition coefficient (Wildman–Crippen LogP) is 2.11. The first-order valence-corrected chi connectivity index (χ1v) is 10.2. The van der Waals surface area contributed by atoms with Gasteiger partial charge in [-0.1, -0.05) is 6.07 Å². The standard InChI is InChI=1S/C19H26N2O2S/c22-18(17-5-4-15-2-1-3-16(15)12-17)20-13-19(6-11-24-14-19)21-7-9-23-10-8-21/h4-5,12H,1-3,6-11,13-14H2,(H,20,22). The van der Waals surface area contributed by atoms with Gasteiger partial charge < -0.3 is 10.1 Å². The van der Waals surface area contributed by atoms with Crippen LogP contribution in [-0.2, 0) is 17.6 Å². The highest BCUT2D eigenvalue weighted by Gasteiger charge is 2.40. The van der Waals surface area contributed by atoms with Gasteiger partial charge in [-0.25, -0.2) is 0 Å². The molecule has 2 heterocycles. The van der Waals surface area contributed by atoms with E-state index in [-0.39, 0.29) is 11.4 Å². The van der Waals surface area contributed by atoms with Crippen molar-refractivity contribution in [3.8, 4) is 0 Å². The lowest BCUT2D eigenvalue weighted by molar-refractivity contribution is -0.0129. The van der Waals surface area contributed by atoms with Gasteiger partial charge in [0.25, 0.3) is 5.91 Å². The molecule has 130 valence electrons. The average molecular weight is 346 g/mol. The van der Waals surface area contributed by atoms with Gasteiger partial charge in [-0.2, -0.15) is 11.8 Å². The van der Waals surface area contributed by atoms with Gasteiger partial charge in [0.1, 0.15) is 0 Å². The number of ether oxygens (including phenoxy) is 1. The summed E-state index contributed by atoms with van der Waals surface area (Å²) >= 11 is 2.00. The Morgan fingerprint density at radius 1 is 1.25 bits per heavy atom. The SMILES string of the molecule is O=C(NCC1(N2CCOCC2)CCSC1)c1ccc2c(c1)CCC2. The number of hydrogen-bond donors (Lipinski definition) is 1. The molecule has 0 aromatic heterocycles. The van der Waals surface area contributed by atoms with Gasteiger partial charge in [-0.3, -0.25) is 9.69 Å². The molecule has 1 atom stereocenters. The van der Waals surface area contributed by atoms with Crippen LogP contribution in [0.25, 0.3) is 0 Å². The monoisotopic (exact) mass is 346 g/mol. The number of thioether (sulfide) groups is 1. The first-order valence-electron chi connectivity index (χ1n) is 9.07. The maximum absolute atomic E-state index is 12.7. The van der Waals surface area contributed by atoms with Crippen LogP contribution < -0.4 is 5.32 Å². The first-order chi connectivity index (χ1) is 11.8. The van der Waals surface area contributed by atoms with Crippen LogP contribution in [-0.4, -0.2) is 60.7 Å². The van der Waals surface area contributed by atoms with Crippen molar-refractivity contribution in [3.05, 3.63) is 34.9 Å². The summed E-state index contributed by atoms with van der Waals surface area (Å²) in [5, 5.41) is 3.24. The molecule has 1 unspecified atom stereocenters. The number of rotatable bonds is 4. The normalized spacial score (nSPS) is 27.2. The van der Waals surface area contributed by atoms with E-state index >= 15 is 0 Å². The number of fused-ring (bicyclic) bond motifs is 1. The molecule has 2 fully saturated rings. The second kappa shape index (κ2) is 7.06. The van der Waals surface area contributed by atoms with Crippen LogP contribution in [0.1, 0.15) is 34.3 Å². The summed E-state index contributed by atoms with van der Waals surface area (Å²) < 4.78 is 5.51. The second-order valence-electron chi connectivity index (χ2n) is 7.15. The van der Waals surface area contributed by atoms with E-state index in [1.165, 1.54) is 23.3 Å². The molecule has 2 aliphatic heterocycles. The third-order valence-electron chi connectivity index (χ3n) is 5.70. The number of morpholine rings is 1. The highest BCUT2D eigenvalue weighted by atomic mass is 32.2. The lowest BCUT2D eigenvalue weighted by Crippen LogP contribution is -2.59. The zero-order chi connectivity index (χ0) is 16.4. The number of nitrogens with zero attached hydrogens (tertiary/aromatic N) is 1. The van der Waals surface area contributed by atoms with Gasteiger partial charge in [-0.05, 0) is 54.7 Å². The van der Waals surface area contributed by atoms with Gasteiger partial charge >= 0.3 is 0 Å². The van der Waals surface area contributed by atoms with Crippen LogP contribution in [0.3, 0.4) is 0 Å². The largest absolute Gasteiger partial charge is 0.379 e. The minimum atomic E-state index is 0.0780. The molecule has 0 saturated carbocycles. The van der Waals surface area contributed by atoms with Crippen molar-refractivity contribution in [2.24, 2.45) is 0 Å². The van der Waals surface area contributed by atoms with Crippen molar-refractivity contribution in [2.45, 2.75) is 31.2 Å². The quantitative estimate of drug-likeness (QED) is 0.907. The molecule has 2 saturated heterocycles. The second-order valence-corrected chi connectivity index (χ2v) is 8.25. The Kier molecular flexibility index (Phi) is 4.83. The topological polar surface area (TPSA) is 41.6 Å². The Balaban J connectivity index is 1.43. The van der Waals surface area contributed by atoms with Gasteiger partial charge in [0.05, 0.1) is 13.2 Å². The van der Waals surface area contributed by atoms with Crippen molar-refractivity contribution in [3.63, 3.8) is 0 Å². The van der Waals surface area contributed by atoms with E-state index in [9.17, 15) is 4.79 Å². The highest BCUT2D eigenvalue weighted by Crippen LogP contribution is 2.33. The van der Waals surface area contributed by atoms with Crippen LogP contribution in [0.4, 0.5) is 0 Å². The number of nitrogens with one attached hydrogen (secondary N) is 1. The van der Waals surface area contributed by atoms with E-state index in [1.807, 2.05) is 17.8 Å². The van der Waals surface area contributed by atoms with Gasteiger partial charge in [0.15, 0.2) is 0 Å². The summed E-state index contributed by atoms with van der Waals surface area (Å²) in [6.07, 6.45) is 4.65. The lowest BCUT2D eigenvalue weighted by atomic mass is 9.95. The van der Waals surface area contributed by atoms with E-state index in [2.05, 4.69) is 22.3 Å². The van der Waals surface area contributed by atoms with Crippen molar-refractivity contribution < 1.29 is 9.53 Å². The van der Waals surface area contributed by atoms with Crippen molar-refractivity contribution in [2.75, 3.05) is 44.4 Å². The summed E-state index contributed by atoms with van der Waals surface area (Å²) in [7, 11) is 0. The van der Waals surface area contributed by atoms with E-state index < -0.39 is 0 Å². The van der Waals surface area contributed by atoms with Gasteiger partial charge in [-0.15, -0.1) is 0 Å². The Morgan fingerprint density at radius 3 is 2.88 bits per heavy atom. The highest BCUT2D eigenvalue weighted by molar-refractivity contribution is 7.99. The number of benzene rings is 1. The zero-order valence-corrected chi connectivity index (χ0v) is 15.0. The van der Waals surface area contributed by atoms with Gasteiger partial charge in [0, 0.05) is 36.5 Å². The van der Waals surface area contributed by atoms with Crippen LogP contribution >= 0.6 is 11.8 Å². The molecule has 1 amide bonds. The minimum absolute atomic E-state index is 0.0780. The average Bonchev–Trinajstić information content (AvgIpc) is 3.30. The van der Waals surface area contributed by atoms with Crippen molar-refractivity contribution in [1.82, 2.24) is 10.2 Å². The molecule has 1 aromatic carbocycles. The smallest absolute Gasteiger partial charge is 0.251 e. The number of carbonyl (C=O) groups excluding carboxylic acids is 1.